The fraction of sp³-hybridized carbons (Fsp3) is 0.500. The number of carbonyl (C=O) groups is 1. The zero-order valence-corrected chi connectivity index (χ0v) is 20.8. The number of hydrogen-bond acceptors (Lipinski definition) is 11. The highest BCUT2D eigenvalue weighted by molar-refractivity contribution is 7.84. The molecule has 0 saturated heterocycles. The molecule has 2 aromatic heterocycles. The van der Waals surface area contributed by atoms with Crippen molar-refractivity contribution in [3.05, 3.63) is 41.7 Å². The van der Waals surface area contributed by atoms with E-state index in [-0.39, 0.29) is 37.2 Å². The Morgan fingerprint density at radius 3 is 2.86 bits per heavy atom. The number of hydrogen-bond donors (Lipinski definition) is 4. The molecule has 1 saturated carbocycles. The molecule has 1 aromatic carbocycles. The van der Waals surface area contributed by atoms with E-state index >= 15 is 0 Å². The van der Waals surface area contributed by atoms with Crippen molar-refractivity contribution in [3.8, 4) is 0 Å². The zero-order valence-electron chi connectivity index (χ0n) is 20.0. The van der Waals surface area contributed by atoms with Crippen LogP contribution in [0.3, 0.4) is 0 Å². The summed E-state index contributed by atoms with van der Waals surface area (Å²) in [5.74, 6) is -0.197. The largest absolute Gasteiger partial charge is 0.393 e. The molecule has 14 nitrogen and oxygen atoms in total. The van der Waals surface area contributed by atoms with E-state index in [1.54, 1.807) is 4.68 Å². The van der Waals surface area contributed by atoms with E-state index in [1.165, 1.54) is 13.4 Å². The minimum Gasteiger partial charge on any atom is -0.393 e. The number of nitrogens with one attached hydrogen (secondary N) is 2. The molecule has 0 bridgehead atoms. The van der Waals surface area contributed by atoms with E-state index in [9.17, 15) is 18.3 Å². The third kappa shape index (κ3) is 5.40. The molecule has 5 atom stereocenters. The second-order valence-electron chi connectivity index (χ2n) is 9.29. The van der Waals surface area contributed by atoms with Crippen LogP contribution in [0.25, 0.3) is 11.2 Å². The Balaban J connectivity index is 1.38. The molecule has 5 rings (SSSR count). The zero-order chi connectivity index (χ0) is 26.2. The van der Waals surface area contributed by atoms with Crippen LogP contribution in [0.2, 0.25) is 0 Å². The quantitative estimate of drug-likeness (QED) is 0.280. The van der Waals surface area contributed by atoms with Crippen molar-refractivity contribution in [3.63, 3.8) is 0 Å². The summed E-state index contributed by atoms with van der Waals surface area (Å²) < 4.78 is 33.5. The van der Waals surface area contributed by atoms with Crippen LogP contribution < -0.4 is 15.8 Å². The number of amides is 1. The number of nitrogens with two attached hydrogens (primary N) is 1. The Morgan fingerprint density at radius 2 is 2.08 bits per heavy atom. The fourth-order valence-corrected chi connectivity index (χ4v) is 5.55. The van der Waals surface area contributed by atoms with Gasteiger partial charge in [-0.05, 0) is 30.4 Å². The summed E-state index contributed by atoms with van der Waals surface area (Å²) in [7, 11) is -2.63. The van der Waals surface area contributed by atoms with Gasteiger partial charge in [-0.3, -0.25) is 8.98 Å². The van der Waals surface area contributed by atoms with Crippen LogP contribution in [0, 0.1) is 5.92 Å². The van der Waals surface area contributed by atoms with Gasteiger partial charge in [0.15, 0.2) is 17.0 Å². The predicted octanol–water partition coefficient (Wildman–Crippen LogP) is -0.406. The highest BCUT2D eigenvalue weighted by Gasteiger charge is 2.37. The maximum absolute atomic E-state index is 12.3. The third-order valence-electron chi connectivity index (χ3n) is 6.83. The van der Waals surface area contributed by atoms with Gasteiger partial charge in [0, 0.05) is 13.0 Å². The lowest BCUT2D eigenvalue weighted by Gasteiger charge is -2.23. The van der Waals surface area contributed by atoms with Crippen LogP contribution in [0.15, 0.2) is 30.6 Å². The van der Waals surface area contributed by atoms with Gasteiger partial charge in [0.2, 0.25) is 5.91 Å². The highest BCUT2D eigenvalue weighted by atomic mass is 32.2. The van der Waals surface area contributed by atoms with E-state index < -0.39 is 22.3 Å². The number of benzene rings is 1. The number of anilines is 1. The Hall–Kier alpha value is -3.24. The lowest BCUT2D eigenvalue weighted by atomic mass is 10.1. The van der Waals surface area contributed by atoms with E-state index in [1.807, 2.05) is 24.3 Å². The number of aromatic nitrogens is 5. The van der Waals surface area contributed by atoms with E-state index in [0.717, 1.165) is 11.1 Å². The highest BCUT2D eigenvalue weighted by Crippen LogP contribution is 2.38. The van der Waals surface area contributed by atoms with Crippen molar-refractivity contribution in [1.82, 2.24) is 30.3 Å². The minimum absolute atomic E-state index is 0.0396. The van der Waals surface area contributed by atoms with E-state index in [4.69, 9.17) is 9.88 Å². The monoisotopic (exact) mass is 532 g/mol. The Bertz CT molecular complexity index is 1400. The molecule has 3 aromatic rings. The molecule has 1 amide bonds. The summed E-state index contributed by atoms with van der Waals surface area (Å²) in [4.78, 5) is 21.0. The van der Waals surface area contributed by atoms with E-state index in [2.05, 4.69) is 35.1 Å². The fourth-order valence-electron chi connectivity index (χ4n) is 5.19. The van der Waals surface area contributed by atoms with Crippen molar-refractivity contribution in [2.45, 2.75) is 43.5 Å². The van der Waals surface area contributed by atoms with Gasteiger partial charge in [-0.2, -0.15) is 8.42 Å². The first-order chi connectivity index (χ1) is 17.7. The molecule has 5 N–H and O–H groups in total. The Labute approximate surface area is 212 Å². The summed E-state index contributed by atoms with van der Waals surface area (Å²) in [5, 5.41) is 30.4. The lowest BCUT2D eigenvalue weighted by molar-refractivity contribution is -0.125. The molecule has 37 heavy (non-hydrogen) atoms. The second-order valence-corrected chi connectivity index (χ2v) is 10.5. The topological polar surface area (TPSA) is 196 Å². The molecular weight excluding hydrogens is 504 g/mol. The van der Waals surface area contributed by atoms with E-state index in [0.29, 0.717) is 36.2 Å². The number of rotatable bonds is 9. The summed E-state index contributed by atoms with van der Waals surface area (Å²) in [6.07, 6.45) is 1.99. The van der Waals surface area contributed by atoms with Gasteiger partial charge < -0.3 is 20.5 Å². The Morgan fingerprint density at radius 1 is 1.27 bits per heavy atom. The van der Waals surface area contributed by atoms with Gasteiger partial charge in [-0.15, -0.1) is 5.10 Å². The van der Waals surface area contributed by atoms with Gasteiger partial charge in [-0.1, -0.05) is 29.5 Å². The minimum atomic E-state index is -4.10. The molecule has 15 heteroatoms. The number of fused-ring (bicyclic) bond motifs is 2. The molecule has 2 aliphatic carbocycles. The van der Waals surface area contributed by atoms with Crippen LogP contribution in [0.1, 0.15) is 36.1 Å². The average Bonchev–Trinajstić information content (AvgIpc) is 3.53. The first-order valence-electron chi connectivity index (χ1n) is 11.8. The molecule has 0 aliphatic heterocycles. The number of carbonyl (C=O) groups excluding carboxylic acids is 1. The summed E-state index contributed by atoms with van der Waals surface area (Å²) >= 11 is 0. The molecule has 2 aliphatic rings. The number of aliphatic hydroxyl groups excluding tert-OH is 1. The summed E-state index contributed by atoms with van der Waals surface area (Å²) in [6, 6.07) is 7.16. The molecule has 1 fully saturated rings. The van der Waals surface area contributed by atoms with Gasteiger partial charge in [0.25, 0.3) is 0 Å². The van der Waals surface area contributed by atoms with Gasteiger partial charge in [-0.25, -0.2) is 19.8 Å². The number of aliphatic hydroxyl groups is 1. The van der Waals surface area contributed by atoms with Crippen molar-refractivity contribution >= 4 is 33.2 Å². The number of ether oxygens (including phenoxy) is 1. The maximum Gasteiger partial charge on any atom is 0.333 e. The van der Waals surface area contributed by atoms with Crippen LogP contribution in [-0.2, 0) is 30.4 Å². The first-order valence-corrected chi connectivity index (χ1v) is 13.2. The molecule has 198 valence electrons. The van der Waals surface area contributed by atoms with Crippen molar-refractivity contribution in [2.75, 3.05) is 25.6 Å². The number of nitrogens with zero attached hydrogens (tertiary/aromatic N) is 5. The summed E-state index contributed by atoms with van der Waals surface area (Å²) in [5.41, 5.74) is 3.06. The standard InChI is InChI=1S/C22H28N8O6S/c1-35-10-18(32)26-16-7-12-4-2-3-5-15(12)19(16)27-21-20-22(25-11-24-21)30(29-28-20)14-6-13(17(31)8-14)9-36-37(23,33)34/h2-5,11,13-14,16-17,19,31H,6-10H2,1H3,(H,26,32)(H2,23,33,34)(H,24,25,27)/t13-,14+,16+,17-,19+/m0/s1. The van der Waals surface area contributed by atoms with Gasteiger partial charge in [0.05, 0.1) is 30.8 Å². The lowest BCUT2D eigenvalue weighted by Crippen LogP contribution is -2.41. The van der Waals surface area contributed by atoms with Crippen LogP contribution in [0.5, 0.6) is 0 Å². The van der Waals surface area contributed by atoms with Crippen LogP contribution >= 0.6 is 0 Å². The smallest absolute Gasteiger partial charge is 0.333 e. The molecule has 2 heterocycles. The van der Waals surface area contributed by atoms with Crippen molar-refractivity contribution in [2.24, 2.45) is 11.1 Å². The van der Waals surface area contributed by atoms with Gasteiger partial charge in [0.1, 0.15) is 12.9 Å². The molecule has 0 radical (unpaired) electrons. The first kappa shape index (κ1) is 25.4. The summed E-state index contributed by atoms with van der Waals surface area (Å²) in [6.45, 7) is -0.260. The van der Waals surface area contributed by atoms with Gasteiger partial charge >= 0.3 is 10.3 Å². The number of methoxy groups -OCH3 is 1. The van der Waals surface area contributed by atoms with Crippen LogP contribution in [0.4, 0.5) is 5.82 Å². The predicted molar refractivity (Wildman–Crippen MR) is 130 cm³/mol. The van der Waals surface area contributed by atoms with Crippen molar-refractivity contribution < 1.29 is 27.2 Å². The molecular formula is C22H28N8O6S. The average molecular weight is 533 g/mol. The molecule has 0 spiro atoms. The Kier molecular flexibility index (Phi) is 7.04. The molecule has 0 unspecified atom stereocenters. The SMILES string of the molecule is COCC(=O)N[C@@H]1Cc2ccccc2[C@H]1Nc1ncnc2c1nnn2[C@@H]1C[C@@H](COS(N)(=O)=O)[C@@H](O)C1. The maximum atomic E-state index is 12.3. The second kappa shape index (κ2) is 10.3. The normalized spacial score (nSPS) is 25.3. The van der Waals surface area contributed by atoms with Crippen molar-refractivity contribution in [1.29, 1.82) is 0 Å². The van der Waals surface area contributed by atoms with Crippen LogP contribution in [-0.4, -0.2) is 76.9 Å². The third-order valence-corrected chi connectivity index (χ3v) is 7.30.